The number of thiazole rings is 1. The van der Waals surface area contributed by atoms with Gasteiger partial charge in [0, 0.05) is 0 Å². The topological polar surface area (TPSA) is 64.9 Å². The van der Waals surface area contributed by atoms with E-state index in [0.717, 1.165) is 10.2 Å². The van der Waals surface area contributed by atoms with Crippen LogP contribution in [0.25, 0.3) is 15.2 Å². The number of aromatic nitrogens is 2. The van der Waals surface area contributed by atoms with Gasteiger partial charge in [-0.05, 0) is 18.4 Å². The Kier molecular flexibility index (Phi) is 2.97. The molecule has 0 amide bonds. The van der Waals surface area contributed by atoms with Crippen molar-refractivity contribution in [3.8, 4) is 6.07 Å². The molecule has 1 aromatic carbocycles. The highest BCUT2D eigenvalue weighted by molar-refractivity contribution is 7.98. The molecule has 19 heavy (non-hydrogen) atoms. The van der Waals surface area contributed by atoms with Crippen molar-refractivity contribution in [1.82, 2.24) is 9.38 Å². The molecule has 3 aromatic rings. The lowest BCUT2D eigenvalue weighted by atomic mass is 10.3. The summed E-state index contributed by atoms with van der Waals surface area (Å²) in [7, 11) is 0. The van der Waals surface area contributed by atoms with E-state index in [1.54, 1.807) is 10.5 Å². The second-order valence-corrected chi connectivity index (χ2v) is 5.97. The molecule has 2 heterocycles. The number of hydrogen-bond donors (Lipinski definition) is 1. The Morgan fingerprint density at radius 1 is 1.53 bits per heavy atom. The SMILES string of the molecule is CSc1nc2sc3cccc(Cl)c3n2c(=N)c1C#N. The van der Waals surface area contributed by atoms with Gasteiger partial charge in [0.2, 0.25) is 0 Å². The largest absolute Gasteiger partial charge is 0.283 e. The normalized spacial score (nSPS) is 11.0. The molecule has 0 radical (unpaired) electrons. The number of thioether (sulfide) groups is 1. The third-order valence-corrected chi connectivity index (χ3v) is 4.74. The third kappa shape index (κ3) is 1.74. The number of halogens is 1. The smallest absolute Gasteiger partial charge is 0.197 e. The zero-order valence-corrected chi connectivity index (χ0v) is 12.2. The Morgan fingerprint density at radius 2 is 2.32 bits per heavy atom. The Balaban J connectivity index is 2.63. The van der Waals surface area contributed by atoms with Gasteiger partial charge in [0.15, 0.2) is 10.4 Å². The first kappa shape index (κ1) is 12.5. The number of benzene rings is 1. The van der Waals surface area contributed by atoms with Gasteiger partial charge in [-0.25, -0.2) is 4.98 Å². The van der Waals surface area contributed by atoms with Gasteiger partial charge in [-0.1, -0.05) is 29.0 Å². The van der Waals surface area contributed by atoms with Crippen LogP contribution in [0.15, 0.2) is 23.2 Å². The van der Waals surface area contributed by atoms with Crippen molar-refractivity contribution in [2.45, 2.75) is 5.03 Å². The van der Waals surface area contributed by atoms with Crippen molar-refractivity contribution in [3.63, 3.8) is 0 Å². The molecule has 0 aliphatic carbocycles. The summed E-state index contributed by atoms with van der Waals surface area (Å²) in [4.78, 5) is 5.12. The molecule has 0 bridgehead atoms. The van der Waals surface area contributed by atoms with E-state index in [0.29, 0.717) is 15.0 Å². The molecule has 7 heteroatoms. The van der Waals surface area contributed by atoms with Crippen molar-refractivity contribution in [2.75, 3.05) is 6.26 Å². The number of rotatable bonds is 1. The van der Waals surface area contributed by atoms with E-state index >= 15 is 0 Å². The number of fused-ring (bicyclic) bond motifs is 3. The van der Waals surface area contributed by atoms with E-state index in [-0.39, 0.29) is 11.1 Å². The van der Waals surface area contributed by atoms with E-state index in [1.165, 1.54) is 23.1 Å². The van der Waals surface area contributed by atoms with E-state index in [1.807, 2.05) is 18.4 Å². The average Bonchev–Trinajstić information content (AvgIpc) is 2.78. The fraction of sp³-hybridized carbons (Fsp3) is 0.0833. The molecule has 0 spiro atoms. The molecule has 0 aliphatic rings. The van der Waals surface area contributed by atoms with Gasteiger partial charge >= 0.3 is 0 Å². The van der Waals surface area contributed by atoms with Crippen LogP contribution in [0.5, 0.6) is 0 Å². The maximum absolute atomic E-state index is 9.20. The fourth-order valence-electron chi connectivity index (χ4n) is 1.92. The first-order chi connectivity index (χ1) is 9.17. The Bertz CT molecular complexity index is 904. The summed E-state index contributed by atoms with van der Waals surface area (Å²) in [5, 5.41) is 18.6. The van der Waals surface area contributed by atoms with Crippen LogP contribution in [-0.4, -0.2) is 15.6 Å². The van der Waals surface area contributed by atoms with E-state index in [4.69, 9.17) is 17.0 Å². The van der Waals surface area contributed by atoms with Gasteiger partial charge in [0.1, 0.15) is 16.7 Å². The van der Waals surface area contributed by atoms with Crippen LogP contribution in [0.1, 0.15) is 5.56 Å². The van der Waals surface area contributed by atoms with Gasteiger partial charge in [-0.15, -0.1) is 11.8 Å². The molecule has 0 saturated heterocycles. The fourth-order valence-corrected chi connectivity index (χ4v) is 3.87. The van der Waals surface area contributed by atoms with Gasteiger partial charge in [-0.3, -0.25) is 9.81 Å². The molecule has 94 valence electrons. The van der Waals surface area contributed by atoms with E-state index < -0.39 is 0 Å². The second-order valence-electron chi connectivity index (χ2n) is 3.76. The van der Waals surface area contributed by atoms with Crippen LogP contribution in [0.3, 0.4) is 0 Å². The summed E-state index contributed by atoms with van der Waals surface area (Å²) >= 11 is 9.04. The molecule has 2 aromatic heterocycles. The van der Waals surface area contributed by atoms with Gasteiger partial charge in [-0.2, -0.15) is 5.26 Å². The first-order valence-corrected chi connectivity index (χ1v) is 7.71. The van der Waals surface area contributed by atoms with Crippen LogP contribution >= 0.6 is 34.7 Å². The van der Waals surface area contributed by atoms with Crippen molar-refractivity contribution in [1.29, 1.82) is 10.7 Å². The molecular formula is C12H7ClN4S2. The second kappa shape index (κ2) is 4.53. The Hall–Kier alpha value is -1.55. The quantitative estimate of drug-likeness (QED) is 0.554. The maximum atomic E-state index is 9.20. The number of para-hydroxylation sites is 1. The number of nitrogens with zero attached hydrogens (tertiary/aromatic N) is 3. The minimum Gasteiger partial charge on any atom is -0.283 e. The number of nitriles is 1. The van der Waals surface area contributed by atoms with Crippen LogP contribution in [0.2, 0.25) is 5.02 Å². The summed E-state index contributed by atoms with van der Waals surface area (Å²) in [6.45, 7) is 0. The number of nitrogens with one attached hydrogen (secondary N) is 1. The molecule has 3 rings (SSSR count). The minimum atomic E-state index is 0.135. The highest BCUT2D eigenvalue weighted by atomic mass is 35.5. The predicted molar refractivity (Wildman–Crippen MR) is 77.9 cm³/mol. The monoisotopic (exact) mass is 306 g/mol. The molecule has 4 nitrogen and oxygen atoms in total. The zero-order valence-electron chi connectivity index (χ0n) is 9.77. The highest BCUT2D eigenvalue weighted by Crippen LogP contribution is 2.30. The van der Waals surface area contributed by atoms with Crippen molar-refractivity contribution in [2.24, 2.45) is 0 Å². The van der Waals surface area contributed by atoms with Crippen LogP contribution < -0.4 is 5.49 Å². The van der Waals surface area contributed by atoms with E-state index in [2.05, 4.69) is 11.1 Å². The predicted octanol–water partition coefficient (Wildman–Crippen LogP) is 3.28. The summed E-state index contributed by atoms with van der Waals surface area (Å²) in [5.41, 5.74) is 1.16. The summed E-state index contributed by atoms with van der Waals surface area (Å²) in [6.07, 6.45) is 1.85. The maximum Gasteiger partial charge on any atom is 0.197 e. The number of hydrogen-bond acceptors (Lipinski definition) is 5. The lowest BCUT2D eigenvalue weighted by molar-refractivity contribution is 0.955. The van der Waals surface area contributed by atoms with E-state index in [9.17, 15) is 5.26 Å². The first-order valence-electron chi connectivity index (χ1n) is 5.30. The summed E-state index contributed by atoms with van der Waals surface area (Å²) in [5.74, 6) is 0. The molecule has 0 saturated carbocycles. The van der Waals surface area contributed by atoms with Crippen LogP contribution in [0.4, 0.5) is 0 Å². The van der Waals surface area contributed by atoms with Crippen molar-refractivity contribution < 1.29 is 0 Å². The van der Waals surface area contributed by atoms with Gasteiger partial charge in [0.05, 0.1) is 15.2 Å². The minimum absolute atomic E-state index is 0.135. The van der Waals surface area contributed by atoms with Crippen molar-refractivity contribution >= 4 is 49.9 Å². The molecular weight excluding hydrogens is 300 g/mol. The molecule has 1 N–H and O–H groups in total. The lowest BCUT2D eigenvalue weighted by Gasteiger charge is -2.03. The van der Waals surface area contributed by atoms with Gasteiger partial charge < -0.3 is 0 Å². The molecule has 0 fully saturated rings. The standard InChI is InChI=1S/C12H7ClN4S2/c1-18-11-6(5-14)10(15)17-9-7(13)3-2-4-8(9)19-12(17)16-11/h2-4,15H,1H3. The van der Waals surface area contributed by atoms with Gasteiger partial charge in [0.25, 0.3) is 0 Å². The lowest BCUT2D eigenvalue weighted by Crippen LogP contribution is -2.18. The van der Waals surface area contributed by atoms with Crippen LogP contribution in [0, 0.1) is 16.7 Å². The average molecular weight is 307 g/mol. The highest BCUT2D eigenvalue weighted by Gasteiger charge is 2.15. The summed E-state index contributed by atoms with van der Waals surface area (Å²) in [6, 6.07) is 7.63. The molecule has 0 aliphatic heterocycles. The molecule has 0 unspecified atom stereocenters. The summed E-state index contributed by atoms with van der Waals surface area (Å²) < 4.78 is 2.59. The Morgan fingerprint density at radius 3 is 3.00 bits per heavy atom. The van der Waals surface area contributed by atoms with Crippen LogP contribution in [-0.2, 0) is 0 Å². The molecule has 0 atom stereocenters. The van der Waals surface area contributed by atoms with Crippen molar-refractivity contribution in [3.05, 3.63) is 34.3 Å². The third-order valence-electron chi connectivity index (χ3n) is 2.74. The Labute approximate surface area is 121 Å². The zero-order chi connectivity index (χ0) is 13.6.